The summed E-state index contributed by atoms with van der Waals surface area (Å²) in [6, 6.07) is 4.54. The van der Waals surface area contributed by atoms with E-state index in [0.717, 1.165) is 44.3 Å². The van der Waals surface area contributed by atoms with Crippen molar-refractivity contribution in [1.29, 1.82) is 0 Å². The standard InChI is InChI=1S/C18H24N4O2/c1-3-4-15-11-16(20-24-15)18(23)22-13-5-6-14(22)10-12(9-13)17-7-8-19-21(17)2/h7-8,11-14H,3-6,9-10H2,1-2H3/t13-,14-/m0/s1. The maximum Gasteiger partial charge on any atom is 0.276 e. The van der Waals surface area contributed by atoms with Crippen LogP contribution in [-0.2, 0) is 13.5 Å². The molecule has 2 saturated heterocycles. The maximum absolute atomic E-state index is 12.9. The van der Waals surface area contributed by atoms with Gasteiger partial charge in [-0.3, -0.25) is 9.48 Å². The summed E-state index contributed by atoms with van der Waals surface area (Å²) in [5, 5.41) is 8.31. The SMILES string of the molecule is CCCc1cc(C(=O)N2[C@H]3CC[C@H]2CC(c2ccnn2C)C3)no1. The Bertz CT molecular complexity index is 721. The van der Waals surface area contributed by atoms with Crippen molar-refractivity contribution in [1.82, 2.24) is 19.8 Å². The molecule has 0 radical (unpaired) electrons. The third-order valence-corrected chi connectivity index (χ3v) is 5.52. The van der Waals surface area contributed by atoms with Crippen molar-refractivity contribution >= 4 is 5.91 Å². The number of carbonyl (C=O) groups is 1. The van der Waals surface area contributed by atoms with Crippen LogP contribution in [0.15, 0.2) is 22.9 Å². The smallest absolute Gasteiger partial charge is 0.276 e. The number of nitrogens with zero attached hydrogens (tertiary/aromatic N) is 4. The van der Waals surface area contributed by atoms with Gasteiger partial charge in [0.05, 0.1) is 0 Å². The zero-order chi connectivity index (χ0) is 16.7. The van der Waals surface area contributed by atoms with Gasteiger partial charge in [0.2, 0.25) is 0 Å². The molecule has 2 fully saturated rings. The van der Waals surface area contributed by atoms with Gasteiger partial charge in [0.1, 0.15) is 5.76 Å². The van der Waals surface area contributed by atoms with Crippen LogP contribution in [0.5, 0.6) is 0 Å². The number of piperidine rings is 1. The van der Waals surface area contributed by atoms with E-state index in [1.54, 1.807) is 0 Å². The van der Waals surface area contributed by atoms with E-state index in [9.17, 15) is 4.79 Å². The quantitative estimate of drug-likeness (QED) is 0.865. The van der Waals surface area contributed by atoms with E-state index in [1.165, 1.54) is 5.69 Å². The molecule has 4 rings (SSSR count). The number of amides is 1. The Labute approximate surface area is 141 Å². The molecule has 2 atom stereocenters. The van der Waals surface area contributed by atoms with Gasteiger partial charge in [-0.05, 0) is 38.2 Å². The van der Waals surface area contributed by atoms with Crippen LogP contribution >= 0.6 is 0 Å². The predicted octanol–water partition coefficient (Wildman–Crippen LogP) is 2.91. The van der Waals surface area contributed by atoms with Crippen molar-refractivity contribution < 1.29 is 9.32 Å². The first-order chi connectivity index (χ1) is 11.7. The topological polar surface area (TPSA) is 64.2 Å². The molecule has 0 aromatic carbocycles. The summed E-state index contributed by atoms with van der Waals surface area (Å²) in [6.07, 6.45) is 7.89. The van der Waals surface area contributed by atoms with Gasteiger partial charge >= 0.3 is 0 Å². The highest BCUT2D eigenvalue weighted by Crippen LogP contribution is 2.43. The highest BCUT2D eigenvalue weighted by molar-refractivity contribution is 5.93. The number of aromatic nitrogens is 3. The summed E-state index contributed by atoms with van der Waals surface area (Å²) in [5.74, 6) is 1.34. The Kier molecular flexibility index (Phi) is 3.90. The van der Waals surface area contributed by atoms with Crippen LogP contribution in [0.3, 0.4) is 0 Å². The van der Waals surface area contributed by atoms with E-state index in [-0.39, 0.29) is 5.91 Å². The molecule has 2 aliphatic heterocycles. The van der Waals surface area contributed by atoms with E-state index >= 15 is 0 Å². The summed E-state index contributed by atoms with van der Waals surface area (Å²) >= 11 is 0. The Balaban J connectivity index is 1.51. The van der Waals surface area contributed by atoms with Crippen molar-refractivity contribution in [2.45, 2.75) is 63.5 Å². The Morgan fingerprint density at radius 1 is 1.33 bits per heavy atom. The molecule has 2 aromatic heterocycles. The van der Waals surface area contributed by atoms with Gasteiger partial charge in [-0.2, -0.15) is 5.10 Å². The lowest BCUT2D eigenvalue weighted by atomic mass is 9.88. The third kappa shape index (κ3) is 2.54. The van der Waals surface area contributed by atoms with E-state index in [4.69, 9.17) is 4.52 Å². The molecule has 6 nitrogen and oxygen atoms in total. The summed E-state index contributed by atoms with van der Waals surface area (Å²) in [4.78, 5) is 15.0. The van der Waals surface area contributed by atoms with Crippen molar-refractivity contribution in [3.05, 3.63) is 35.5 Å². The molecule has 0 saturated carbocycles. The van der Waals surface area contributed by atoms with Crippen LogP contribution in [-0.4, -0.2) is 37.8 Å². The van der Waals surface area contributed by atoms with Gasteiger partial charge in [-0.25, -0.2) is 0 Å². The average Bonchev–Trinajstić information content (AvgIpc) is 3.26. The third-order valence-electron chi connectivity index (χ3n) is 5.52. The number of rotatable bonds is 4. The van der Waals surface area contributed by atoms with E-state index in [2.05, 4.69) is 28.1 Å². The fraction of sp³-hybridized carbons (Fsp3) is 0.611. The molecule has 2 aromatic rings. The second kappa shape index (κ2) is 6.07. The number of carbonyl (C=O) groups excluding carboxylic acids is 1. The molecule has 0 unspecified atom stereocenters. The van der Waals surface area contributed by atoms with Gasteiger partial charge in [-0.1, -0.05) is 12.1 Å². The van der Waals surface area contributed by atoms with Gasteiger partial charge < -0.3 is 9.42 Å². The van der Waals surface area contributed by atoms with Crippen molar-refractivity contribution in [3.8, 4) is 0 Å². The summed E-state index contributed by atoms with van der Waals surface area (Å²) in [6.45, 7) is 2.09. The molecule has 6 heteroatoms. The molecule has 0 aliphatic carbocycles. The number of hydrogen-bond acceptors (Lipinski definition) is 4. The first-order valence-corrected chi connectivity index (χ1v) is 8.93. The number of fused-ring (bicyclic) bond motifs is 2. The zero-order valence-electron chi connectivity index (χ0n) is 14.3. The van der Waals surface area contributed by atoms with Crippen LogP contribution in [0.4, 0.5) is 0 Å². The highest BCUT2D eigenvalue weighted by atomic mass is 16.5. The minimum Gasteiger partial charge on any atom is -0.361 e. The zero-order valence-corrected chi connectivity index (χ0v) is 14.3. The van der Waals surface area contributed by atoms with Crippen LogP contribution in [0.25, 0.3) is 0 Å². The molecule has 0 N–H and O–H groups in total. The molecule has 24 heavy (non-hydrogen) atoms. The largest absolute Gasteiger partial charge is 0.361 e. The van der Waals surface area contributed by atoms with E-state index < -0.39 is 0 Å². The number of hydrogen-bond donors (Lipinski definition) is 0. The summed E-state index contributed by atoms with van der Waals surface area (Å²) in [5.41, 5.74) is 1.75. The molecular weight excluding hydrogens is 304 g/mol. The van der Waals surface area contributed by atoms with Gasteiger partial charge in [0, 0.05) is 49.4 Å². The molecular formula is C18H24N4O2. The Morgan fingerprint density at radius 2 is 2.08 bits per heavy atom. The first-order valence-electron chi connectivity index (χ1n) is 8.93. The fourth-order valence-corrected chi connectivity index (χ4v) is 4.44. The van der Waals surface area contributed by atoms with Crippen LogP contribution in [0.1, 0.15) is 66.9 Å². The Hall–Kier alpha value is -2.11. The van der Waals surface area contributed by atoms with Crippen molar-refractivity contribution in [3.63, 3.8) is 0 Å². The average molecular weight is 328 g/mol. The van der Waals surface area contributed by atoms with Gasteiger partial charge in [0.25, 0.3) is 5.91 Å². The lowest BCUT2D eigenvalue weighted by Crippen LogP contribution is -2.46. The fourth-order valence-electron chi connectivity index (χ4n) is 4.44. The first kappa shape index (κ1) is 15.4. The van der Waals surface area contributed by atoms with Crippen molar-refractivity contribution in [2.75, 3.05) is 0 Å². The molecule has 0 spiro atoms. The van der Waals surface area contributed by atoms with Crippen LogP contribution in [0, 0.1) is 0 Å². The minimum atomic E-state index is 0.0389. The minimum absolute atomic E-state index is 0.0389. The molecule has 2 bridgehead atoms. The maximum atomic E-state index is 12.9. The summed E-state index contributed by atoms with van der Waals surface area (Å²) in [7, 11) is 2.00. The molecule has 2 aliphatic rings. The Morgan fingerprint density at radius 3 is 2.71 bits per heavy atom. The van der Waals surface area contributed by atoms with E-state index in [1.807, 2.05) is 24.0 Å². The normalized spacial score (nSPS) is 26.1. The molecule has 128 valence electrons. The second-order valence-corrected chi connectivity index (χ2v) is 7.07. The summed E-state index contributed by atoms with van der Waals surface area (Å²) < 4.78 is 7.26. The monoisotopic (exact) mass is 328 g/mol. The lowest BCUT2D eigenvalue weighted by molar-refractivity contribution is 0.0557. The van der Waals surface area contributed by atoms with Gasteiger partial charge in [-0.15, -0.1) is 0 Å². The van der Waals surface area contributed by atoms with Crippen LogP contribution in [0.2, 0.25) is 0 Å². The van der Waals surface area contributed by atoms with Gasteiger partial charge in [0.15, 0.2) is 5.69 Å². The highest BCUT2D eigenvalue weighted by Gasteiger charge is 2.44. The van der Waals surface area contributed by atoms with Crippen molar-refractivity contribution in [2.24, 2.45) is 7.05 Å². The lowest BCUT2D eigenvalue weighted by Gasteiger charge is -2.38. The number of aryl methyl sites for hydroxylation is 2. The molecule has 4 heterocycles. The molecule has 1 amide bonds. The second-order valence-electron chi connectivity index (χ2n) is 7.07. The van der Waals surface area contributed by atoms with Crippen LogP contribution < -0.4 is 0 Å². The van der Waals surface area contributed by atoms with E-state index in [0.29, 0.717) is 23.7 Å². The predicted molar refractivity (Wildman–Crippen MR) is 88.7 cm³/mol.